The number of thiophene rings is 2. The highest BCUT2D eigenvalue weighted by molar-refractivity contribution is 7.33. The van der Waals surface area contributed by atoms with Crippen molar-refractivity contribution in [1.82, 2.24) is 10.2 Å². The minimum Gasteiger partial charge on any atom is -0.337 e. The quantitative estimate of drug-likeness (QED) is 0.718. The van der Waals surface area contributed by atoms with E-state index in [1.807, 2.05) is 4.90 Å². The number of amides is 1. The molecule has 0 saturated carbocycles. The zero-order chi connectivity index (χ0) is 14.2. The lowest BCUT2D eigenvalue weighted by molar-refractivity contribution is 0.0771. The molecule has 0 unspecified atom stereocenters. The van der Waals surface area contributed by atoms with Gasteiger partial charge in [0.05, 0.1) is 9.58 Å². The van der Waals surface area contributed by atoms with E-state index in [1.54, 1.807) is 22.7 Å². The summed E-state index contributed by atoms with van der Waals surface area (Å²) in [6.07, 6.45) is 1.04. The van der Waals surface area contributed by atoms with E-state index < -0.39 is 0 Å². The fourth-order valence-electron chi connectivity index (χ4n) is 2.81. The molecule has 116 valence electrons. The number of hydrogen-bond donors (Lipinski definition) is 1. The summed E-state index contributed by atoms with van der Waals surface area (Å²) in [6, 6.07) is 10.5. The van der Waals surface area contributed by atoms with E-state index in [0.29, 0.717) is 0 Å². The third kappa shape index (κ3) is 2.74. The van der Waals surface area contributed by atoms with E-state index in [2.05, 4.69) is 35.6 Å². The highest BCUT2D eigenvalue weighted by Crippen LogP contribution is 2.39. The minimum absolute atomic E-state index is 0. The molecule has 0 bridgehead atoms. The van der Waals surface area contributed by atoms with E-state index in [9.17, 15) is 4.79 Å². The van der Waals surface area contributed by atoms with Crippen LogP contribution in [0.4, 0.5) is 0 Å². The number of nitrogens with one attached hydrogen (secondary N) is 1. The molecule has 3 nitrogen and oxygen atoms in total. The van der Waals surface area contributed by atoms with Gasteiger partial charge in [-0.15, -0.1) is 35.1 Å². The van der Waals surface area contributed by atoms with Gasteiger partial charge in [0.2, 0.25) is 0 Å². The largest absolute Gasteiger partial charge is 0.337 e. The molecule has 0 aliphatic carbocycles. The van der Waals surface area contributed by atoms with Crippen molar-refractivity contribution in [2.45, 2.75) is 6.42 Å². The molecule has 1 N–H and O–H groups in total. The van der Waals surface area contributed by atoms with E-state index in [1.165, 1.54) is 19.5 Å². The van der Waals surface area contributed by atoms with Crippen LogP contribution >= 0.6 is 35.1 Å². The standard InChI is InChI=1S/C16H16N2OS2.ClH/c19-16(18-8-3-6-17-7-9-18)14-10-13-15(21-14)11-4-1-2-5-12(11)20-13;/h1-2,4-5,10,17H,3,6-9H2;1H. The van der Waals surface area contributed by atoms with Gasteiger partial charge < -0.3 is 10.2 Å². The summed E-state index contributed by atoms with van der Waals surface area (Å²) in [7, 11) is 0. The molecule has 1 fully saturated rings. The van der Waals surface area contributed by atoms with Crippen LogP contribution in [-0.4, -0.2) is 37.0 Å². The first-order valence-corrected chi connectivity index (χ1v) is 8.87. The van der Waals surface area contributed by atoms with Crippen LogP contribution in [0.1, 0.15) is 16.1 Å². The Kier molecular flexibility index (Phi) is 4.68. The lowest BCUT2D eigenvalue weighted by Gasteiger charge is -2.18. The third-order valence-electron chi connectivity index (χ3n) is 3.89. The molecule has 1 aromatic carbocycles. The second-order valence-corrected chi connectivity index (χ2v) is 7.43. The van der Waals surface area contributed by atoms with Crippen LogP contribution in [0.2, 0.25) is 0 Å². The summed E-state index contributed by atoms with van der Waals surface area (Å²) in [5.41, 5.74) is 0. The van der Waals surface area contributed by atoms with E-state index in [4.69, 9.17) is 0 Å². The molecule has 0 radical (unpaired) electrons. The van der Waals surface area contributed by atoms with Crippen LogP contribution < -0.4 is 5.32 Å². The van der Waals surface area contributed by atoms with Crippen molar-refractivity contribution in [2.24, 2.45) is 0 Å². The topological polar surface area (TPSA) is 32.3 Å². The van der Waals surface area contributed by atoms with Crippen molar-refractivity contribution in [1.29, 1.82) is 0 Å². The Bertz CT molecular complexity index is 803. The fourth-order valence-corrected chi connectivity index (χ4v) is 5.30. The Morgan fingerprint density at radius 3 is 2.86 bits per heavy atom. The van der Waals surface area contributed by atoms with Crippen LogP contribution in [0.15, 0.2) is 30.3 Å². The van der Waals surface area contributed by atoms with Crippen LogP contribution in [-0.2, 0) is 0 Å². The molecule has 4 rings (SSSR count). The lowest BCUT2D eigenvalue weighted by atomic mass is 10.2. The number of benzene rings is 1. The molecular formula is C16H17ClN2OS2. The second kappa shape index (κ2) is 6.54. The van der Waals surface area contributed by atoms with E-state index >= 15 is 0 Å². The zero-order valence-corrected chi connectivity index (χ0v) is 14.5. The van der Waals surface area contributed by atoms with Gasteiger partial charge in [0.25, 0.3) is 5.91 Å². The molecule has 1 amide bonds. The first-order valence-electron chi connectivity index (χ1n) is 7.24. The predicted octanol–water partition coefficient (Wildman–Crippen LogP) is 3.97. The number of carbonyl (C=O) groups is 1. The number of fused-ring (bicyclic) bond motifs is 3. The van der Waals surface area contributed by atoms with Gasteiger partial charge in [0.1, 0.15) is 0 Å². The van der Waals surface area contributed by atoms with Gasteiger partial charge >= 0.3 is 0 Å². The highest BCUT2D eigenvalue weighted by Gasteiger charge is 2.20. The number of rotatable bonds is 1. The number of halogens is 1. The molecule has 6 heteroatoms. The normalized spacial score (nSPS) is 15.7. The molecule has 0 atom stereocenters. The zero-order valence-electron chi connectivity index (χ0n) is 12.0. The van der Waals surface area contributed by atoms with E-state index in [0.717, 1.165) is 37.5 Å². The van der Waals surface area contributed by atoms with Crippen molar-refractivity contribution in [3.63, 3.8) is 0 Å². The Balaban J connectivity index is 0.00000144. The molecule has 3 heterocycles. The summed E-state index contributed by atoms with van der Waals surface area (Å²) in [4.78, 5) is 15.5. The van der Waals surface area contributed by atoms with Crippen LogP contribution in [0.25, 0.3) is 19.5 Å². The second-order valence-electron chi connectivity index (χ2n) is 5.30. The van der Waals surface area contributed by atoms with Gasteiger partial charge in [0, 0.05) is 34.4 Å². The maximum Gasteiger partial charge on any atom is 0.264 e. The van der Waals surface area contributed by atoms with Crippen molar-refractivity contribution in [2.75, 3.05) is 26.2 Å². The van der Waals surface area contributed by atoms with Gasteiger partial charge in [-0.2, -0.15) is 0 Å². The molecule has 0 spiro atoms. The average Bonchev–Trinajstić information content (AvgIpc) is 2.93. The SMILES string of the molecule is Cl.O=C(c1cc2sc3ccccc3c2s1)N1CCCNCC1. The van der Waals surface area contributed by atoms with Gasteiger partial charge in [-0.3, -0.25) is 4.79 Å². The Morgan fingerprint density at radius 2 is 1.95 bits per heavy atom. The summed E-state index contributed by atoms with van der Waals surface area (Å²) in [6.45, 7) is 3.58. The van der Waals surface area contributed by atoms with Crippen LogP contribution in [0, 0.1) is 0 Å². The van der Waals surface area contributed by atoms with Gasteiger partial charge in [-0.05, 0) is 25.1 Å². The number of nitrogens with zero attached hydrogens (tertiary/aromatic N) is 1. The monoisotopic (exact) mass is 352 g/mol. The van der Waals surface area contributed by atoms with E-state index in [-0.39, 0.29) is 18.3 Å². The van der Waals surface area contributed by atoms with Gasteiger partial charge in [-0.25, -0.2) is 0 Å². The number of carbonyl (C=O) groups excluding carboxylic acids is 1. The maximum atomic E-state index is 12.7. The molecular weight excluding hydrogens is 336 g/mol. The smallest absolute Gasteiger partial charge is 0.264 e. The fraction of sp³-hybridized carbons (Fsp3) is 0.312. The van der Waals surface area contributed by atoms with Crippen LogP contribution in [0.5, 0.6) is 0 Å². The summed E-state index contributed by atoms with van der Waals surface area (Å²) >= 11 is 3.42. The Hall–Kier alpha value is -1.14. The van der Waals surface area contributed by atoms with Crippen molar-refractivity contribution in [3.05, 3.63) is 35.2 Å². The van der Waals surface area contributed by atoms with Crippen molar-refractivity contribution >= 4 is 60.5 Å². The molecule has 1 aliphatic rings. The van der Waals surface area contributed by atoms with Gasteiger partial charge in [0.15, 0.2) is 0 Å². The molecule has 1 saturated heterocycles. The Labute approximate surface area is 143 Å². The van der Waals surface area contributed by atoms with Crippen molar-refractivity contribution in [3.8, 4) is 0 Å². The minimum atomic E-state index is 0. The first-order chi connectivity index (χ1) is 10.3. The summed E-state index contributed by atoms with van der Waals surface area (Å²) < 4.78 is 3.79. The van der Waals surface area contributed by atoms with Gasteiger partial charge in [-0.1, -0.05) is 18.2 Å². The predicted molar refractivity (Wildman–Crippen MR) is 97.8 cm³/mol. The molecule has 22 heavy (non-hydrogen) atoms. The van der Waals surface area contributed by atoms with Crippen LogP contribution in [0.3, 0.4) is 0 Å². The summed E-state index contributed by atoms with van der Waals surface area (Å²) in [5, 5.41) is 4.62. The molecule has 3 aromatic rings. The lowest BCUT2D eigenvalue weighted by Crippen LogP contribution is -2.33. The highest BCUT2D eigenvalue weighted by atomic mass is 35.5. The molecule has 2 aromatic heterocycles. The van der Waals surface area contributed by atoms with Crippen molar-refractivity contribution < 1.29 is 4.79 Å². The Morgan fingerprint density at radius 1 is 1.09 bits per heavy atom. The molecule has 1 aliphatic heterocycles. The maximum absolute atomic E-state index is 12.7. The summed E-state index contributed by atoms with van der Waals surface area (Å²) in [5.74, 6) is 0.191. The number of hydrogen-bond acceptors (Lipinski definition) is 4. The first kappa shape index (κ1) is 15.7. The third-order valence-corrected chi connectivity index (χ3v) is 6.29. The average molecular weight is 353 g/mol.